The third-order valence-electron chi connectivity index (χ3n) is 4.22. The Hall–Kier alpha value is -1.46. The highest BCUT2D eigenvalue weighted by Gasteiger charge is 2.27. The molecule has 4 nitrogen and oxygen atoms in total. The van der Waals surface area contributed by atoms with Crippen LogP contribution in [-0.2, 0) is 4.79 Å². The number of carbonyl (C=O) groups is 1. The molecule has 1 aromatic heterocycles. The van der Waals surface area contributed by atoms with Crippen molar-refractivity contribution in [3.63, 3.8) is 0 Å². The summed E-state index contributed by atoms with van der Waals surface area (Å²) in [6, 6.07) is 7.92. The number of likely N-dealkylation sites (tertiary alicyclic amines) is 1. The van der Waals surface area contributed by atoms with Crippen molar-refractivity contribution >= 4 is 27.5 Å². The van der Waals surface area contributed by atoms with Gasteiger partial charge in [0.05, 0.1) is 21.3 Å². The first-order valence-corrected chi connectivity index (χ1v) is 8.40. The van der Waals surface area contributed by atoms with E-state index in [1.165, 1.54) is 9.71 Å². The van der Waals surface area contributed by atoms with E-state index in [4.69, 9.17) is 10.7 Å². The molecule has 2 N–H and O–H groups in total. The van der Waals surface area contributed by atoms with Crippen LogP contribution in [0.3, 0.4) is 0 Å². The van der Waals surface area contributed by atoms with E-state index >= 15 is 0 Å². The van der Waals surface area contributed by atoms with Crippen LogP contribution in [0, 0.1) is 0 Å². The van der Waals surface area contributed by atoms with Crippen molar-refractivity contribution in [2.45, 2.75) is 38.1 Å². The molecule has 5 heteroatoms. The van der Waals surface area contributed by atoms with Crippen LogP contribution in [0.25, 0.3) is 10.2 Å². The maximum atomic E-state index is 12.1. The Labute approximate surface area is 129 Å². The highest BCUT2D eigenvalue weighted by atomic mass is 32.1. The number of amides is 1. The maximum absolute atomic E-state index is 12.1. The van der Waals surface area contributed by atoms with Crippen molar-refractivity contribution in [1.29, 1.82) is 0 Å². The quantitative estimate of drug-likeness (QED) is 0.948. The Morgan fingerprint density at radius 2 is 2.14 bits per heavy atom. The smallest absolute Gasteiger partial charge is 0.239 e. The molecule has 0 bridgehead atoms. The standard InChI is InChI=1S/C16H21N3OS/c1-2-12(17)16(20)19-9-7-11(8-10-19)15-18-13-5-3-4-6-14(13)21-15/h3-6,11-12H,2,7-10,17H2,1H3/t12-/m1/s1. The molecule has 21 heavy (non-hydrogen) atoms. The minimum absolute atomic E-state index is 0.0975. The first kappa shape index (κ1) is 14.5. The maximum Gasteiger partial charge on any atom is 0.239 e. The summed E-state index contributed by atoms with van der Waals surface area (Å²) in [6.07, 6.45) is 2.68. The van der Waals surface area contributed by atoms with Gasteiger partial charge in [-0.3, -0.25) is 4.79 Å². The Morgan fingerprint density at radius 1 is 1.43 bits per heavy atom. The first-order chi connectivity index (χ1) is 10.2. The summed E-state index contributed by atoms with van der Waals surface area (Å²) in [6.45, 7) is 3.55. The van der Waals surface area contributed by atoms with Gasteiger partial charge in [0.1, 0.15) is 0 Å². The van der Waals surface area contributed by atoms with Gasteiger partial charge >= 0.3 is 0 Å². The van der Waals surface area contributed by atoms with Crippen molar-refractivity contribution in [3.05, 3.63) is 29.3 Å². The first-order valence-electron chi connectivity index (χ1n) is 7.59. The molecule has 1 atom stereocenters. The van der Waals surface area contributed by atoms with E-state index in [2.05, 4.69) is 18.2 Å². The zero-order valence-electron chi connectivity index (χ0n) is 12.3. The third kappa shape index (κ3) is 2.94. The molecule has 0 saturated carbocycles. The van der Waals surface area contributed by atoms with Gasteiger partial charge in [-0.2, -0.15) is 0 Å². The normalized spacial score (nSPS) is 18.1. The number of fused-ring (bicyclic) bond motifs is 1. The molecule has 0 spiro atoms. The van der Waals surface area contributed by atoms with Crippen molar-refractivity contribution in [2.75, 3.05) is 13.1 Å². The second-order valence-electron chi connectivity index (χ2n) is 5.63. The number of para-hydroxylation sites is 1. The van der Waals surface area contributed by atoms with E-state index in [0.29, 0.717) is 12.3 Å². The van der Waals surface area contributed by atoms with Gasteiger partial charge in [-0.15, -0.1) is 11.3 Å². The van der Waals surface area contributed by atoms with E-state index in [0.717, 1.165) is 31.4 Å². The number of aromatic nitrogens is 1. The molecule has 1 amide bonds. The number of piperidine rings is 1. The van der Waals surface area contributed by atoms with Crippen molar-refractivity contribution in [3.8, 4) is 0 Å². The van der Waals surface area contributed by atoms with Gasteiger partial charge < -0.3 is 10.6 Å². The zero-order valence-corrected chi connectivity index (χ0v) is 13.1. The number of rotatable bonds is 3. The van der Waals surface area contributed by atoms with Crippen LogP contribution < -0.4 is 5.73 Å². The Morgan fingerprint density at radius 3 is 2.81 bits per heavy atom. The number of carbonyl (C=O) groups excluding carboxylic acids is 1. The lowest BCUT2D eigenvalue weighted by atomic mass is 9.97. The number of nitrogens with zero attached hydrogens (tertiary/aromatic N) is 2. The SMILES string of the molecule is CC[C@@H](N)C(=O)N1CCC(c2nc3ccccc3s2)CC1. The van der Waals surface area contributed by atoms with Crippen molar-refractivity contribution in [1.82, 2.24) is 9.88 Å². The molecule has 1 aromatic carbocycles. The highest BCUT2D eigenvalue weighted by Crippen LogP contribution is 2.33. The summed E-state index contributed by atoms with van der Waals surface area (Å²) >= 11 is 1.78. The molecule has 0 unspecified atom stereocenters. The summed E-state index contributed by atoms with van der Waals surface area (Å²) in [5.74, 6) is 0.574. The van der Waals surface area contributed by atoms with Gasteiger partial charge in [-0.05, 0) is 31.4 Å². The molecule has 3 rings (SSSR count). The molecular weight excluding hydrogens is 282 g/mol. The number of nitrogens with two attached hydrogens (primary N) is 1. The van der Waals surface area contributed by atoms with Crippen LogP contribution in [0.4, 0.5) is 0 Å². The van der Waals surface area contributed by atoms with Gasteiger partial charge in [0, 0.05) is 19.0 Å². The second kappa shape index (κ2) is 6.12. The third-order valence-corrected chi connectivity index (χ3v) is 5.42. The summed E-state index contributed by atoms with van der Waals surface area (Å²) < 4.78 is 1.25. The lowest BCUT2D eigenvalue weighted by Crippen LogP contribution is -2.46. The van der Waals surface area contributed by atoms with Gasteiger partial charge in [-0.25, -0.2) is 4.98 Å². The van der Waals surface area contributed by atoms with Gasteiger partial charge in [0.25, 0.3) is 0 Å². The highest BCUT2D eigenvalue weighted by molar-refractivity contribution is 7.18. The van der Waals surface area contributed by atoms with E-state index < -0.39 is 0 Å². The molecule has 1 fully saturated rings. The summed E-state index contributed by atoms with van der Waals surface area (Å²) in [7, 11) is 0. The van der Waals surface area contributed by atoms with E-state index in [9.17, 15) is 4.79 Å². The van der Waals surface area contributed by atoms with Crippen LogP contribution in [0.2, 0.25) is 0 Å². The Kier molecular flexibility index (Phi) is 4.22. The second-order valence-corrected chi connectivity index (χ2v) is 6.70. The minimum atomic E-state index is -0.344. The predicted molar refractivity (Wildman–Crippen MR) is 86.4 cm³/mol. The lowest BCUT2D eigenvalue weighted by molar-refractivity contribution is -0.133. The fourth-order valence-electron chi connectivity index (χ4n) is 2.82. The van der Waals surface area contributed by atoms with Crippen molar-refractivity contribution in [2.24, 2.45) is 5.73 Å². The molecule has 0 aliphatic carbocycles. The summed E-state index contributed by atoms with van der Waals surface area (Å²) in [5, 5.41) is 1.21. The molecule has 1 saturated heterocycles. The summed E-state index contributed by atoms with van der Waals surface area (Å²) in [4.78, 5) is 18.8. The van der Waals surface area contributed by atoms with E-state index in [1.807, 2.05) is 17.9 Å². The monoisotopic (exact) mass is 303 g/mol. The molecule has 1 aliphatic heterocycles. The Bertz CT molecular complexity index is 598. The predicted octanol–water partition coefficient (Wildman–Crippen LogP) is 2.74. The molecular formula is C16H21N3OS. The molecule has 2 heterocycles. The largest absolute Gasteiger partial charge is 0.341 e. The fraction of sp³-hybridized carbons (Fsp3) is 0.500. The average Bonchev–Trinajstić information content (AvgIpc) is 2.97. The minimum Gasteiger partial charge on any atom is -0.341 e. The van der Waals surface area contributed by atoms with E-state index in [1.54, 1.807) is 11.3 Å². The van der Waals surface area contributed by atoms with Crippen molar-refractivity contribution < 1.29 is 4.79 Å². The fourth-order valence-corrected chi connectivity index (χ4v) is 3.96. The van der Waals surface area contributed by atoms with Gasteiger partial charge in [0.2, 0.25) is 5.91 Å². The van der Waals surface area contributed by atoms with Crippen LogP contribution >= 0.6 is 11.3 Å². The molecule has 2 aromatic rings. The molecule has 112 valence electrons. The number of benzene rings is 1. The van der Waals surface area contributed by atoms with Crippen LogP contribution in [-0.4, -0.2) is 34.9 Å². The topological polar surface area (TPSA) is 59.2 Å². The van der Waals surface area contributed by atoms with Gasteiger partial charge in [-0.1, -0.05) is 19.1 Å². The van der Waals surface area contributed by atoms with Crippen LogP contribution in [0.1, 0.15) is 37.1 Å². The molecule has 0 radical (unpaired) electrons. The summed E-state index contributed by atoms with van der Waals surface area (Å²) in [5.41, 5.74) is 6.93. The van der Waals surface area contributed by atoms with E-state index in [-0.39, 0.29) is 11.9 Å². The number of hydrogen-bond acceptors (Lipinski definition) is 4. The molecule has 1 aliphatic rings. The Balaban J connectivity index is 1.67. The zero-order chi connectivity index (χ0) is 14.8. The van der Waals surface area contributed by atoms with Gasteiger partial charge in [0.15, 0.2) is 0 Å². The average molecular weight is 303 g/mol. The lowest BCUT2D eigenvalue weighted by Gasteiger charge is -2.32. The number of hydrogen-bond donors (Lipinski definition) is 1. The van der Waals surface area contributed by atoms with Crippen LogP contribution in [0.15, 0.2) is 24.3 Å². The van der Waals surface area contributed by atoms with Crippen LogP contribution in [0.5, 0.6) is 0 Å². The number of thiazole rings is 1.